The number of benzene rings is 2. The van der Waals surface area contributed by atoms with Crippen LogP contribution in [-0.4, -0.2) is 6.79 Å². The average Bonchev–Trinajstić information content (AvgIpc) is 2.89. The standard InChI is InChI=1S/C15H15BrN2O2/c1-9-4-13(11(16)6-12(9)17)18-7-10-2-3-14-15(5-10)20-8-19-14/h2-6,18H,7-8,17H2,1H3. The number of hydrogen-bond donors (Lipinski definition) is 2. The lowest BCUT2D eigenvalue weighted by Crippen LogP contribution is -2.01. The summed E-state index contributed by atoms with van der Waals surface area (Å²) in [5, 5.41) is 3.39. The van der Waals surface area contributed by atoms with Crippen molar-refractivity contribution in [1.29, 1.82) is 0 Å². The molecule has 0 aromatic heterocycles. The van der Waals surface area contributed by atoms with E-state index in [2.05, 4.69) is 21.2 Å². The van der Waals surface area contributed by atoms with Crippen LogP contribution in [0.3, 0.4) is 0 Å². The summed E-state index contributed by atoms with van der Waals surface area (Å²) in [5.41, 5.74) is 9.87. The Morgan fingerprint density at radius 2 is 2.00 bits per heavy atom. The molecule has 1 heterocycles. The fourth-order valence-corrected chi connectivity index (χ4v) is 2.58. The van der Waals surface area contributed by atoms with Crippen LogP contribution in [0, 0.1) is 6.92 Å². The molecule has 0 bridgehead atoms. The fraction of sp³-hybridized carbons (Fsp3) is 0.200. The SMILES string of the molecule is Cc1cc(NCc2ccc3c(c2)OCO3)c(Br)cc1N. The van der Waals surface area contributed by atoms with Gasteiger partial charge in [0.15, 0.2) is 11.5 Å². The van der Waals surface area contributed by atoms with Gasteiger partial charge in [-0.05, 0) is 58.2 Å². The number of hydrogen-bond acceptors (Lipinski definition) is 4. The molecular formula is C15H15BrN2O2. The maximum atomic E-state index is 5.87. The van der Waals surface area contributed by atoms with Crippen molar-refractivity contribution in [3.05, 3.63) is 45.9 Å². The summed E-state index contributed by atoms with van der Waals surface area (Å²) in [6.07, 6.45) is 0. The minimum Gasteiger partial charge on any atom is -0.454 e. The van der Waals surface area contributed by atoms with Crippen molar-refractivity contribution in [2.24, 2.45) is 0 Å². The molecule has 0 amide bonds. The molecule has 1 aliphatic rings. The van der Waals surface area contributed by atoms with Crippen molar-refractivity contribution >= 4 is 27.3 Å². The van der Waals surface area contributed by atoms with E-state index in [1.165, 1.54) is 0 Å². The Labute approximate surface area is 126 Å². The maximum Gasteiger partial charge on any atom is 0.231 e. The molecule has 2 aromatic carbocycles. The van der Waals surface area contributed by atoms with Crippen molar-refractivity contribution in [1.82, 2.24) is 0 Å². The van der Waals surface area contributed by atoms with Crippen LogP contribution >= 0.6 is 15.9 Å². The van der Waals surface area contributed by atoms with Gasteiger partial charge in [0.05, 0.1) is 0 Å². The van der Waals surface area contributed by atoms with Crippen LogP contribution in [0.2, 0.25) is 0 Å². The van der Waals surface area contributed by atoms with Gasteiger partial charge in [-0.3, -0.25) is 0 Å². The van der Waals surface area contributed by atoms with Crippen molar-refractivity contribution in [3.63, 3.8) is 0 Å². The summed E-state index contributed by atoms with van der Waals surface area (Å²) in [5.74, 6) is 1.61. The first-order valence-electron chi connectivity index (χ1n) is 6.31. The Morgan fingerprint density at radius 1 is 1.20 bits per heavy atom. The second-order valence-electron chi connectivity index (χ2n) is 4.73. The quantitative estimate of drug-likeness (QED) is 0.840. The molecule has 0 fully saturated rings. The molecule has 0 spiro atoms. The van der Waals surface area contributed by atoms with Crippen LogP contribution in [0.15, 0.2) is 34.8 Å². The summed E-state index contributed by atoms with van der Waals surface area (Å²) in [4.78, 5) is 0. The molecule has 4 nitrogen and oxygen atoms in total. The third-order valence-corrected chi connectivity index (χ3v) is 3.93. The van der Waals surface area contributed by atoms with E-state index in [1.54, 1.807) is 0 Å². The Hall–Kier alpha value is -1.88. The number of aryl methyl sites for hydroxylation is 1. The molecule has 3 rings (SSSR count). The molecule has 0 saturated carbocycles. The highest BCUT2D eigenvalue weighted by atomic mass is 79.9. The van der Waals surface area contributed by atoms with Gasteiger partial charge in [0, 0.05) is 22.4 Å². The highest BCUT2D eigenvalue weighted by Crippen LogP contribution is 2.33. The largest absolute Gasteiger partial charge is 0.454 e. The average molecular weight is 335 g/mol. The molecular weight excluding hydrogens is 320 g/mol. The normalized spacial score (nSPS) is 12.5. The first kappa shape index (κ1) is 13.1. The minimum absolute atomic E-state index is 0.301. The van der Waals surface area contributed by atoms with Crippen molar-refractivity contribution in [3.8, 4) is 11.5 Å². The highest BCUT2D eigenvalue weighted by Gasteiger charge is 2.13. The Balaban J connectivity index is 1.75. The van der Waals surface area contributed by atoms with Gasteiger partial charge in [-0.25, -0.2) is 0 Å². The molecule has 1 aliphatic heterocycles. The molecule has 104 valence electrons. The number of nitrogen functional groups attached to an aromatic ring is 1. The second kappa shape index (κ2) is 5.25. The van der Waals surface area contributed by atoms with E-state index in [-0.39, 0.29) is 0 Å². The van der Waals surface area contributed by atoms with Crippen LogP contribution in [0.25, 0.3) is 0 Å². The van der Waals surface area contributed by atoms with E-state index in [9.17, 15) is 0 Å². The lowest BCUT2D eigenvalue weighted by Gasteiger charge is -2.11. The molecule has 2 aromatic rings. The second-order valence-corrected chi connectivity index (χ2v) is 5.58. The topological polar surface area (TPSA) is 56.5 Å². The molecule has 0 radical (unpaired) electrons. The number of rotatable bonds is 3. The number of nitrogens with two attached hydrogens (primary N) is 1. The van der Waals surface area contributed by atoms with Crippen molar-refractivity contribution in [2.45, 2.75) is 13.5 Å². The molecule has 0 saturated heterocycles. The molecule has 0 aliphatic carbocycles. The predicted molar refractivity (Wildman–Crippen MR) is 83.2 cm³/mol. The smallest absolute Gasteiger partial charge is 0.231 e. The first-order valence-corrected chi connectivity index (χ1v) is 7.11. The zero-order chi connectivity index (χ0) is 14.1. The summed E-state index contributed by atoms with van der Waals surface area (Å²) in [7, 11) is 0. The Bertz CT molecular complexity index is 659. The zero-order valence-corrected chi connectivity index (χ0v) is 12.7. The number of anilines is 2. The maximum absolute atomic E-state index is 5.87. The van der Waals surface area contributed by atoms with Gasteiger partial charge in [0.1, 0.15) is 0 Å². The summed E-state index contributed by atoms with van der Waals surface area (Å²) in [6, 6.07) is 9.90. The number of ether oxygens (including phenoxy) is 2. The summed E-state index contributed by atoms with van der Waals surface area (Å²) >= 11 is 3.52. The molecule has 0 unspecified atom stereocenters. The molecule has 5 heteroatoms. The fourth-order valence-electron chi connectivity index (χ4n) is 2.08. The van der Waals surface area contributed by atoms with E-state index in [0.717, 1.165) is 38.5 Å². The number of fused-ring (bicyclic) bond motifs is 1. The Kier molecular flexibility index (Phi) is 3.44. The van der Waals surface area contributed by atoms with E-state index in [1.807, 2.05) is 37.3 Å². The van der Waals surface area contributed by atoms with E-state index < -0.39 is 0 Å². The van der Waals surface area contributed by atoms with Gasteiger partial charge < -0.3 is 20.5 Å². The van der Waals surface area contributed by atoms with Crippen LogP contribution in [0.5, 0.6) is 11.5 Å². The lowest BCUT2D eigenvalue weighted by atomic mass is 10.1. The third-order valence-electron chi connectivity index (χ3n) is 3.28. The zero-order valence-electron chi connectivity index (χ0n) is 11.1. The molecule has 0 atom stereocenters. The van der Waals surface area contributed by atoms with Gasteiger partial charge in [0.25, 0.3) is 0 Å². The van der Waals surface area contributed by atoms with E-state index in [0.29, 0.717) is 13.3 Å². The lowest BCUT2D eigenvalue weighted by molar-refractivity contribution is 0.174. The Morgan fingerprint density at radius 3 is 2.85 bits per heavy atom. The van der Waals surface area contributed by atoms with Gasteiger partial charge in [-0.15, -0.1) is 0 Å². The monoisotopic (exact) mass is 334 g/mol. The van der Waals surface area contributed by atoms with Crippen LogP contribution < -0.4 is 20.5 Å². The molecule has 3 N–H and O–H groups in total. The van der Waals surface area contributed by atoms with E-state index in [4.69, 9.17) is 15.2 Å². The highest BCUT2D eigenvalue weighted by molar-refractivity contribution is 9.10. The summed E-state index contributed by atoms with van der Waals surface area (Å²) < 4.78 is 11.6. The van der Waals surface area contributed by atoms with Crippen LogP contribution in [0.1, 0.15) is 11.1 Å². The van der Waals surface area contributed by atoms with Crippen LogP contribution in [-0.2, 0) is 6.54 Å². The van der Waals surface area contributed by atoms with Gasteiger partial charge >= 0.3 is 0 Å². The van der Waals surface area contributed by atoms with E-state index >= 15 is 0 Å². The molecule has 20 heavy (non-hydrogen) atoms. The first-order chi connectivity index (χ1) is 9.63. The van der Waals surface area contributed by atoms with Gasteiger partial charge in [0.2, 0.25) is 6.79 Å². The predicted octanol–water partition coefficient (Wildman–Crippen LogP) is 3.68. The summed E-state index contributed by atoms with van der Waals surface area (Å²) in [6.45, 7) is 3.00. The number of nitrogens with one attached hydrogen (secondary N) is 1. The van der Waals surface area contributed by atoms with Gasteiger partial charge in [-0.2, -0.15) is 0 Å². The minimum atomic E-state index is 0.301. The van der Waals surface area contributed by atoms with Crippen molar-refractivity contribution < 1.29 is 9.47 Å². The third kappa shape index (κ3) is 2.54. The van der Waals surface area contributed by atoms with Gasteiger partial charge in [-0.1, -0.05) is 6.07 Å². The van der Waals surface area contributed by atoms with Crippen LogP contribution in [0.4, 0.5) is 11.4 Å². The number of halogens is 1. The van der Waals surface area contributed by atoms with Crippen molar-refractivity contribution in [2.75, 3.05) is 17.8 Å².